The number of furan rings is 1. The van der Waals surface area contributed by atoms with E-state index in [4.69, 9.17) is 4.42 Å². The van der Waals surface area contributed by atoms with Crippen molar-refractivity contribution in [1.82, 2.24) is 19.8 Å². The molecule has 0 bridgehead atoms. The third kappa shape index (κ3) is 3.43. The number of hydrogen-bond donors (Lipinski definition) is 1. The molecule has 1 N–H and O–H groups in total. The number of carbonyl (C=O) groups is 2. The molecule has 7 heteroatoms. The van der Waals surface area contributed by atoms with Gasteiger partial charge in [-0.15, -0.1) is 0 Å². The van der Waals surface area contributed by atoms with Crippen LogP contribution in [0.1, 0.15) is 51.0 Å². The Hall–Kier alpha value is -3.35. The maximum Gasteiger partial charge on any atom is 0.271 e. The largest absolute Gasteiger partial charge is 0.467 e. The van der Waals surface area contributed by atoms with Gasteiger partial charge in [-0.25, -0.2) is 4.98 Å². The number of carbonyl (C=O) groups excluding carboxylic acids is 2. The fraction of sp³-hybridized carbons (Fsp3) is 0.286. The molecule has 0 saturated heterocycles. The van der Waals surface area contributed by atoms with E-state index in [2.05, 4.69) is 10.3 Å². The average Bonchev–Trinajstić information content (AvgIpc) is 3.36. The van der Waals surface area contributed by atoms with Crippen molar-refractivity contribution >= 4 is 11.8 Å². The third-order valence-corrected chi connectivity index (χ3v) is 4.99. The number of hydrogen-bond acceptors (Lipinski definition) is 4. The minimum Gasteiger partial charge on any atom is -0.467 e. The highest BCUT2D eigenvalue weighted by molar-refractivity contribution is 5.95. The van der Waals surface area contributed by atoms with Crippen LogP contribution in [0.4, 0.5) is 0 Å². The van der Waals surface area contributed by atoms with Crippen LogP contribution in [-0.4, -0.2) is 32.8 Å². The standard InChI is InChI=1S/C21H22N4O3/c1-14-5-3-6-16(11-14)21(27)25-9-8-24-13-18(23-19(24)15(25)2)20(26)22-12-17-7-4-10-28-17/h3-7,10-11,13,15H,8-9,12H2,1-2H3,(H,22,26)/t15-/m1/s1. The van der Waals surface area contributed by atoms with Crippen molar-refractivity contribution in [1.29, 1.82) is 0 Å². The first-order valence-electron chi connectivity index (χ1n) is 9.28. The smallest absolute Gasteiger partial charge is 0.271 e. The van der Waals surface area contributed by atoms with Crippen LogP contribution in [0.3, 0.4) is 0 Å². The summed E-state index contributed by atoms with van der Waals surface area (Å²) in [5, 5.41) is 2.80. The van der Waals surface area contributed by atoms with Crippen molar-refractivity contribution < 1.29 is 14.0 Å². The molecule has 2 amide bonds. The van der Waals surface area contributed by atoms with Crippen LogP contribution < -0.4 is 5.32 Å². The van der Waals surface area contributed by atoms with Crippen molar-refractivity contribution in [3.8, 4) is 0 Å². The van der Waals surface area contributed by atoms with Crippen LogP contribution in [0.2, 0.25) is 0 Å². The van der Waals surface area contributed by atoms with Crippen LogP contribution in [0, 0.1) is 6.92 Å². The number of aromatic nitrogens is 2. The van der Waals surface area contributed by atoms with Crippen molar-refractivity contribution in [3.05, 3.63) is 77.3 Å². The SMILES string of the molecule is Cc1cccc(C(=O)N2CCn3cc(C(=O)NCc4ccco4)nc3[C@H]2C)c1. The van der Waals surface area contributed by atoms with Gasteiger partial charge < -0.3 is 19.2 Å². The summed E-state index contributed by atoms with van der Waals surface area (Å²) in [7, 11) is 0. The Balaban J connectivity index is 1.49. The van der Waals surface area contributed by atoms with Gasteiger partial charge >= 0.3 is 0 Å². The zero-order chi connectivity index (χ0) is 19.7. The molecular weight excluding hydrogens is 356 g/mol. The van der Waals surface area contributed by atoms with Gasteiger partial charge in [-0.3, -0.25) is 9.59 Å². The molecule has 3 heterocycles. The molecule has 0 aliphatic carbocycles. The number of nitrogens with zero attached hydrogens (tertiary/aromatic N) is 3. The van der Waals surface area contributed by atoms with Crippen molar-refractivity contribution in [2.75, 3.05) is 6.54 Å². The Bertz CT molecular complexity index is 1010. The molecule has 0 saturated carbocycles. The molecule has 1 aliphatic rings. The van der Waals surface area contributed by atoms with Crippen LogP contribution in [0.5, 0.6) is 0 Å². The van der Waals surface area contributed by atoms with E-state index in [0.29, 0.717) is 36.7 Å². The van der Waals surface area contributed by atoms with Crippen LogP contribution >= 0.6 is 0 Å². The van der Waals surface area contributed by atoms with E-state index < -0.39 is 0 Å². The summed E-state index contributed by atoms with van der Waals surface area (Å²) in [6.45, 7) is 5.40. The molecule has 0 unspecified atom stereocenters. The second kappa shape index (κ2) is 7.34. The third-order valence-electron chi connectivity index (χ3n) is 4.99. The first-order chi connectivity index (χ1) is 13.5. The minimum atomic E-state index is -0.262. The van der Waals surface area contributed by atoms with E-state index in [1.54, 1.807) is 24.6 Å². The van der Waals surface area contributed by atoms with Gasteiger partial charge in [0.15, 0.2) is 0 Å². The second-order valence-corrected chi connectivity index (χ2v) is 6.98. The molecule has 4 rings (SSSR count). The molecule has 144 valence electrons. The van der Waals surface area contributed by atoms with Gasteiger partial charge in [0.05, 0.1) is 18.8 Å². The Morgan fingerprint density at radius 1 is 1.25 bits per heavy atom. The van der Waals surface area contributed by atoms with Crippen molar-refractivity contribution in [3.63, 3.8) is 0 Å². The number of imidazole rings is 1. The normalized spacial score (nSPS) is 15.9. The second-order valence-electron chi connectivity index (χ2n) is 6.98. The molecule has 28 heavy (non-hydrogen) atoms. The number of aryl methyl sites for hydroxylation is 1. The Morgan fingerprint density at radius 3 is 2.86 bits per heavy atom. The summed E-state index contributed by atoms with van der Waals surface area (Å²) in [6, 6.07) is 10.9. The Kier molecular flexibility index (Phi) is 4.73. The maximum atomic E-state index is 12.9. The summed E-state index contributed by atoms with van der Waals surface area (Å²) in [5.41, 5.74) is 2.06. The average molecular weight is 378 g/mol. The van der Waals surface area contributed by atoms with E-state index in [-0.39, 0.29) is 17.9 Å². The lowest BCUT2D eigenvalue weighted by molar-refractivity contribution is 0.0637. The molecule has 7 nitrogen and oxygen atoms in total. The van der Waals surface area contributed by atoms with Gasteiger partial charge in [0, 0.05) is 24.8 Å². The Morgan fingerprint density at radius 2 is 2.11 bits per heavy atom. The zero-order valence-corrected chi connectivity index (χ0v) is 15.9. The minimum absolute atomic E-state index is 0.0192. The first kappa shape index (κ1) is 18.0. The monoisotopic (exact) mass is 378 g/mol. The lowest BCUT2D eigenvalue weighted by Gasteiger charge is -2.33. The van der Waals surface area contributed by atoms with Gasteiger partial charge in [-0.05, 0) is 38.1 Å². The zero-order valence-electron chi connectivity index (χ0n) is 15.9. The molecule has 0 fully saturated rings. The number of benzene rings is 1. The molecule has 0 radical (unpaired) electrons. The predicted octanol–water partition coefficient (Wildman–Crippen LogP) is 2.93. The highest BCUT2D eigenvalue weighted by atomic mass is 16.3. The summed E-state index contributed by atoms with van der Waals surface area (Å²) < 4.78 is 7.18. The first-order valence-corrected chi connectivity index (χ1v) is 9.28. The van der Waals surface area contributed by atoms with Crippen LogP contribution in [-0.2, 0) is 13.1 Å². The molecule has 1 aliphatic heterocycles. The van der Waals surface area contributed by atoms with Crippen LogP contribution in [0.25, 0.3) is 0 Å². The van der Waals surface area contributed by atoms with Gasteiger partial charge in [-0.1, -0.05) is 17.7 Å². The number of rotatable bonds is 4. The quantitative estimate of drug-likeness (QED) is 0.757. The van der Waals surface area contributed by atoms with E-state index in [9.17, 15) is 9.59 Å². The van der Waals surface area contributed by atoms with E-state index >= 15 is 0 Å². The maximum absolute atomic E-state index is 12.9. The molecule has 3 aromatic rings. The number of amides is 2. The lowest BCUT2D eigenvalue weighted by Crippen LogP contribution is -2.41. The fourth-order valence-electron chi connectivity index (χ4n) is 3.49. The predicted molar refractivity (Wildman–Crippen MR) is 103 cm³/mol. The van der Waals surface area contributed by atoms with Crippen molar-refractivity contribution in [2.45, 2.75) is 33.0 Å². The van der Waals surface area contributed by atoms with E-state index in [1.165, 1.54) is 0 Å². The number of fused-ring (bicyclic) bond motifs is 1. The molecular formula is C21H22N4O3. The summed E-state index contributed by atoms with van der Waals surface area (Å²) in [5.74, 6) is 1.12. The molecule has 1 aromatic carbocycles. The molecule has 0 spiro atoms. The summed E-state index contributed by atoms with van der Waals surface area (Å²) >= 11 is 0. The summed E-state index contributed by atoms with van der Waals surface area (Å²) in [4.78, 5) is 31.7. The van der Waals surface area contributed by atoms with Crippen LogP contribution in [0.15, 0.2) is 53.3 Å². The topological polar surface area (TPSA) is 80.4 Å². The van der Waals surface area contributed by atoms with Gasteiger partial charge in [0.2, 0.25) is 0 Å². The summed E-state index contributed by atoms with van der Waals surface area (Å²) in [6.07, 6.45) is 3.32. The van der Waals surface area contributed by atoms with E-state index in [0.717, 1.165) is 11.4 Å². The molecule has 1 atom stereocenters. The fourth-order valence-corrected chi connectivity index (χ4v) is 3.49. The Labute approximate surface area is 163 Å². The van der Waals surface area contributed by atoms with Gasteiger partial charge in [0.1, 0.15) is 17.3 Å². The van der Waals surface area contributed by atoms with Gasteiger partial charge in [0.25, 0.3) is 11.8 Å². The number of nitrogens with one attached hydrogen (secondary N) is 1. The van der Waals surface area contributed by atoms with E-state index in [1.807, 2.05) is 47.6 Å². The van der Waals surface area contributed by atoms with Gasteiger partial charge in [-0.2, -0.15) is 0 Å². The lowest BCUT2D eigenvalue weighted by atomic mass is 10.1. The van der Waals surface area contributed by atoms with Crippen molar-refractivity contribution in [2.24, 2.45) is 0 Å². The molecule has 2 aromatic heterocycles. The highest BCUT2D eigenvalue weighted by Gasteiger charge is 2.31. The highest BCUT2D eigenvalue weighted by Crippen LogP contribution is 2.26.